The lowest BCUT2D eigenvalue weighted by molar-refractivity contribution is -0.129. The molecule has 3 amide bonds. The van der Waals surface area contributed by atoms with Crippen molar-refractivity contribution in [3.8, 4) is 0 Å². The fourth-order valence-electron chi connectivity index (χ4n) is 2.11. The Labute approximate surface area is 154 Å². The highest BCUT2D eigenvalue weighted by molar-refractivity contribution is 6.30. The van der Waals surface area contributed by atoms with Gasteiger partial charge in [-0.05, 0) is 25.1 Å². The monoisotopic (exact) mass is 378 g/mol. The van der Waals surface area contributed by atoms with Gasteiger partial charge in [0.15, 0.2) is 0 Å². The number of amides is 3. The molecule has 0 fully saturated rings. The number of imide groups is 1. The molecule has 0 aliphatic carbocycles. The van der Waals surface area contributed by atoms with Gasteiger partial charge in [-0.25, -0.2) is 14.0 Å². The van der Waals surface area contributed by atoms with Gasteiger partial charge < -0.3 is 10.1 Å². The normalized spacial score (nSPS) is 11.3. The Morgan fingerprint density at radius 1 is 1.15 bits per heavy atom. The van der Waals surface area contributed by atoms with Crippen molar-refractivity contribution in [3.05, 3.63) is 70.5 Å². The maximum absolute atomic E-state index is 13.9. The zero-order valence-electron chi connectivity index (χ0n) is 13.8. The maximum atomic E-state index is 13.9. The van der Waals surface area contributed by atoms with Crippen LogP contribution in [0.4, 0.5) is 9.18 Å². The average Bonchev–Trinajstić information content (AvgIpc) is 2.60. The smallest absolute Gasteiger partial charge is 0.342 e. The largest absolute Gasteiger partial charge is 0.444 e. The van der Waals surface area contributed by atoms with Crippen molar-refractivity contribution in [1.82, 2.24) is 10.6 Å². The third kappa shape index (κ3) is 5.03. The average molecular weight is 379 g/mol. The second-order valence-electron chi connectivity index (χ2n) is 5.17. The molecule has 0 unspecified atom stereocenters. The van der Waals surface area contributed by atoms with Crippen LogP contribution in [0.25, 0.3) is 0 Å². The summed E-state index contributed by atoms with van der Waals surface area (Å²) in [7, 11) is 0. The van der Waals surface area contributed by atoms with Gasteiger partial charge in [-0.3, -0.25) is 10.1 Å². The fourth-order valence-corrected chi connectivity index (χ4v) is 2.27. The maximum Gasteiger partial charge on any atom is 0.342 e. The molecule has 0 saturated carbocycles. The first kappa shape index (κ1) is 19.4. The van der Waals surface area contributed by atoms with Crippen molar-refractivity contribution in [2.75, 3.05) is 6.54 Å². The number of carbonyl (C=O) groups excluding carboxylic acids is 3. The van der Waals surface area contributed by atoms with Crippen LogP contribution in [0.5, 0.6) is 0 Å². The summed E-state index contributed by atoms with van der Waals surface area (Å²) in [6.45, 7) is 1.99. The lowest BCUT2D eigenvalue weighted by Gasteiger charge is -2.18. The van der Waals surface area contributed by atoms with E-state index in [1.165, 1.54) is 6.07 Å². The minimum Gasteiger partial charge on any atom is -0.444 e. The molecular weight excluding hydrogens is 363 g/mol. The standard InChI is InChI=1S/C18H16ClFN2O4/c1-2-21-18(25)22-16(23)15(11-6-4-3-5-7-11)26-17(24)13-9-8-12(19)10-14(13)20/h3-10,15H,2H2,1H3,(H2,21,22,23,25)/t15-/m1/s1. The fraction of sp³-hybridized carbons (Fsp3) is 0.167. The second kappa shape index (κ2) is 8.96. The molecule has 0 aliphatic rings. The number of carbonyl (C=O) groups is 3. The summed E-state index contributed by atoms with van der Waals surface area (Å²) in [5.41, 5.74) is -0.0434. The number of nitrogens with one attached hydrogen (secondary N) is 2. The molecule has 0 heterocycles. The van der Waals surface area contributed by atoms with Crippen LogP contribution in [0.2, 0.25) is 5.02 Å². The quantitative estimate of drug-likeness (QED) is 0.782. The molecule has 0 radical (unpaired) electrons. The molecule has 1 atom stereocenters. The molecule has 2 rings (SSSR count). The van der Waals surface area contributed by atoms with Crippen LogP contribution in [0.15, 0.2) is 48.5 Å². The number of ether oxygens (including phenoxy) is 1. The van der Waals surface area contributed by atoms with E-state index < -0.39 is 29.8 Å². The van der Waals surface area contributed by atoms with E-state index in [0.717, 1.165) is 12.1 Å². The molecule has 2 aromatic rings. The first-order valence-electron chi connectivity index (χ1n) is 7.72. The minimum absolute atomic E-state index is 0.118. The molecular formula is C18H16ClFN2O4. The van der Waals surface area contributed by atoms with E-state index in [1.54, 1.807) is 37.3 Å². The van der Waals surface area contributed by atoms with E-state index in [4.69, 9.17) is 16.3 Å². The second-order valence-corrected chi connectivity index (χ2v) is 5.61. The van der Waals surface area contributed by atoms with Gasteiger partial charge in [-0.2, -0.15) is 0 Å². The molecule has 2 N–H and O–H groups in total. The van der Waals surface area contributed by atoms with Crippen LogP contribution < -0.4 is 10.6 Å². The summed E-state index contributed by atoms with van der Waals surface area (Å²) in [4.78, 5) is 36.2. The molecule has 0 saturated heterocycles. The molecule has 136 valence electrons. The first-order valence-corrected chi connectivity index (χ1v) is 8.09. The van der Waals surface area contributed by atoms with Crippen LogP contribution in [0, 0.1) is 5.82 Å². The molecule has 2 aromatic carbocycles. The Morgan fingerprint density at radius 3 is 2.46 bits per heavy atom. The van der Waals surface area contributed by atoms with Crippen molar-refractivity contribution in [2.45, 2.75) is 13.0 Å². The highest BCUT2D eigenvalue weighted by Gasteiger charge is 2.28. The molecule has 6 nitrogen and oxygen atoms in total. The van der Waals surface area contributed by atoms with Crippen molar-refractivity contribution >= 4 is 29.5 Å². The number of hydrogen-bond acceptors (Lipinski definition) is 4. The Bertz CT molecular complexity index is 814. The van der Waals surface area contributed by atoms with Crippen molar-refractivity contribution < 1.29 is 23.5 Å². The van der Waals surface area contributed by atoms with Crippen molar-refractivity contribution in [3.63, 3.8) is 0 Å². The number of esters is 1. The summed E-state index contributed by atoms with van der Waals surface area (Å²) in [5, 5.41) is 4.59. The molecule has 0 bridgehead atoms. The molecule has 8 heteroatoms. The SMILES string of the molecule is CCNC(=O)NC(=O)[C@H](OC(=O)c1ccc(Cl)cc1F)c1ccccc1. The number of rotatable bonds is 5. The third-order valence-corrected chi connectivity index (χ3v) is 3.53. The number of hydrogen-bond donors (Lipinski definition) is 2. The van der Waals surface area contributed by atoms with Gasteiger partial charge >= 0.3 is 12.0 Å². The van der Waals surface area contributed by atoms with Gasteiger partial charge in [-0.15, -0.1) is 0 Å². The van der Waals surface area contributed by atoms with Crippen molar-refractivity contribution in [1.29, 1.82) is 0 Å². The van der Waals surface area contributed by atoms with Crippen LogP contribution in [0.1, 0.15) is 28.9 Å². The van der Waals surface area contributed by atoms with E-state index in [9.17, 15) is 18.8 Å². The lowest BCUT2D eigenvalue weighted by Crippen LogP contribution is -2.42. The highest BCUT2D eigenvalue weighted by Crippen LogP contribution is 2.22. The van der Waals surface area contributed by atoms with Crippen LogP contribution >= 0.6 is 11.6 Å². The predicted octanol–water partition coefficient (Wildman–Crippen LogP) is 3.22. The van der Waals surface area contributed by atoms with E-state index in [1.807, 2.05) is 0 Å². The predicted molar refractivity (Wildman–Crippen MR) is 93.2 cm³/mol. The summed E-state index contributed by atoms with van der Waals surface area (Å²) < 4.78 is 19.1. The van der Waals surface area contributed by atoms with Crippen molar-refractivity contribution in [2.24, 2.45) is 0 Å². The summed E-state index contributed by atoms with van der Waals surface area (Å²) in [6, 6.07) is 10.8. The van der Waals surface area contributed by atoms with Gasteiger partial charge in [-0.1, -0.05) is 41.9 Å². The minimum atomic E-state index is -1.43. The lowest BCUT2D eigenvalue weighted by atomic mass is 10.1. The Kier molecular flexibility index (Phi) is 6.68. The zero-order valence-corrected chi connectivity index (χ0v) is 14.5. The Morgan fingerprint density at radius 2 is 1.85 bits per heavy atom. The van der Waals surface area contributed by atoms with Gasteiger partial charge in [0.2, 0.25) is 6.10 Å². The molecule has 0 aliphatic heterocycles. The van der Waals surface area contributed by atoms with E-state index in [0.29, 0.717) is 12.1 Å². The highest BCUT2D eigenvalue weighted by atomic mass is 35.5. The van der Waals surface area contributed by atoms with E-state index in [2.05, 4.69) is 10.6 Å². The number of halogens is 2. The van der Waals surface area contributed by atoms with Gasteiger partial charge in [0, 0.05) is 17.1 Å². The molecule has 0 aromatic heterocycles. The van der Waals surface area contributed by atoms with Crippen LogP contribution in [0.3, 0.4) is 0 Å². The van der Waals surface area contributed by atoms with Crippen LogP contribution in [-0.2, 0) is 9.53 Å². The Hall–Kier alpha value is -2.93. The van der Waals surface area contributed by atoms with Crippen LogP contribution in [-0.4, -0.2) is 24.5 Å². The first-order chi connectivity index (χ1) is 12.4. The Balaban J connectivity index is 2.25. The number of benzene rings is 2. The summed E-state index contributed by atoms with van der Waals surface area (Å²) >= 11 is 5.66. The zero-order chi connectivity index (χ0) is 19.1. The molecule has 26 heavy (non-hydrogen) atoms. The van der Waals surface area contributed by atoms with Gasteiger partial charge in [0.25, 0.3) is 5.91 Å². The van der Waals surface area contributed by atoms with E-state index >= 15 is 0 Å². The summed E-state index contributed by atoms with van der Waals surface area (Å²) in [6.07, 6.45) is -1.43. The number of urea groups is 1. The topological polar surface area (TPSA) is 84.5 Å². The third-order valence-electron chi connectivity index (χ3n) is 3.29. The van der Waals surface area contributed by atoms with E-state index in [-0.39, 0.29) is 10.6 Å². The molecule has 0 spiro atoms. The summed E-state index contributed by atoms with van der Waals surface area (Å²) in [5.74, 6) is -2.79. The van der Waals surface area contributed by atoms with Gasteiger partial charge in [0.1, 0.15) is 5.82 Å². The van der Waals surface area contributed by atoms with Gasteiger partial charge in [0.05, 0.1) is 5.56 Å².